The maximum absolute atomic E-state index is 15.7. The number of nitrogens with one attached hydrogen (secondary N) is 6. The van der Waals surface area contributed by atoms with E-state index in [2.05, 4.69) is 44.0 Å². The molecule has 13 rings (SSSR count). The van der Waals surface area contributed by atoms with Crippen LogP contribution in [0.4, 0.5) is 5.69 Å². The fourth-order valence-corrected chi connectivity index (χ4v) is 15.7. The Balaban J connectivity index is 1.09. The summed E-state index contributed by atoms with van der Waals surface area (Å²) in [4.78, 5) is 59.1. The molecule has 1 spiro atoms. The maximum Gasteiger partial charge on any atom is 0.242 e. The fourth-order valence-electron chi connectivity index (χ4n) is 15.7. The quantitative estimate of drug-likeness (QED) is 0.0381. The van der Waals surface area contributed by atoms with Crippen LogP contribution < -0.4 is 52.2 Å². The van der Waals surface area contributed by atoms with Crippen molar-refractivity contribution in [2.24, 2.45) is 23.5 Å². The number of nitrogens with zero attached hydrogens (tertiary/aromatic N) is 1. The summed E-state index contributed by atoms with van der Waals surface area (Å²) in [7, 11) is 0. The van der Waals surface area contributed by atoms with Crippen molar-refractivity contribution in [3.8, 4) is 23.3 Å². The van der Waals surface area contributed by atoms with Gasteiger partial charge in [-0.1, -0.05) is 79.3 Å². The van der Waals surface area contributed by atoms with E-state index < -0.39 is 146 Å². The van der Waals surface area contributed by atoms with Crippen LogP contribution in [0.3, 0.4) is 0 Å². The Morgan fingerprint density at radius 2 is 1.77 bits per heavy atom. The van der Waals surface area contributed by atoms with Gasteiger partial charge in [-0.2, -0.15) is 0 Å². The van der Waals surface area contributed by atoms with E-state index >= 15 is 9.59 Å². The molecule has 0 aromatic heterocycles. The first-order valence-corrected chi connectivity index (χ1v) is 33.0. The Bertz CT molecular complexity index is 3700. The van der Waals surface area contributed by atoms with Crippen molar-refractivity contribution in [2.45, 2.75) is 162 Å². The number of para-hydroxylation sites is 1. The number of hydrogen-bond donors (Lipinski definition) is 15. The smallest absolute Gasteiger partial charge is 0.242 e. The average molecular weight is 1310 g/mol. The van der Waals surface area contributed by atoms with Gasteiger partial charge in [-0.3, -0.25) is 30.8 Å². The lowest BCUT2D eigenvalue weighted by molar-refractivity contribution is -0.336. The topological polar surface area (TPSA) is 378 Å². The summed E-state index contributed by atoms with van der Waals surface area (Å²) in [5.74, 6) is 0.115. The Kier molecular flexibility index (Phi) is 19.4. The lowest BCUT2D eigenvalue weighted by Crippen LogP contribution is -2.72. The van der Waals surface area contributed by atoms with Crippen LogP contribution in [0.2, 0.25) is 0 Å². The average Bonchev–Trinajstić information content (AvgIpc) is 1.69. The lowest BCUT2D eigenvalue weighted by Gasteiger charge is -2.53. The van der Waals surface area contributed by atoms with E-state index in [-0.39, 0.29) is 104 Å². The normalized spacial score (nSPS) is 32.2. The summed E-state index contributed by atoms with van der Waals surface area (Å²) < 4.78 is 36.3. The molecule has 1 amide bonds. The van der Waals surface area contributed by atoms with Gasteiger partial charge in [-0.15, -0.1) is 0 Å². The first-order chi connectivity index (χ1) is 45.9. The van der Waals surface area contributed by atoms with Crippen molar-refractivity contribution in [2.75, 3.05) is 51.1 Å². The molecule has 7 aliphatic heterocycles. The van der Waals surface area contributed by atoms with Crippen LogP contribution in [0.5, 0.6) is 11.5 Å². The van der Waals surface area contributed by atoms with Crippen molar-refractivity contribution in [3.63, 3.8) is 0 Å². The van der Waals surface area contributed by atoms with Crippen molar-refractivity contribution in [1.29, 1.82) is 0 Å². The van der Waals surface area contributed by atoms with Crippen molar-refractivity contribution in [3.05, 3.63) is 146 Å². The van der Waals surface area contributed by atoms with Crippen LogP contribution in [0.25, 0.3) is 0 Å². The molecule has 17 unspecified atom stereocenters. The minimum atomic E-state index is -2.59. The zero-order chi connectivity index (χ0) is 66.4. The predicted molar refractivity (Wildman–Crippen MR) is 342 cm³/mol. The van der Waals surface area contributed by atoms with Gasteiger partial charge in [-0.25, -0.2) is 5.43 Å². The number of benzene rings is 4. The van der Waals surface area contributed by atoms with E-state index in [0.29, 0.717) is 65.7 Å². The van der Waals surface area contributed by atoms with E-state index in [1.807, 2.05) is 59.5 Å². The number of dihydropyridines is 1. The second kappa shape index (κ2) is 27.7. The highest BCUT2D eigenvalue weighted by molar-refractivity contribution is 6.29. The molecule has 506 valence electrons. The van der Waals surface area contributed by atoms with Crippen LogP contribution in [0.15, 0.2) is 96.3 Å². The zero-order valence-electron chi connectivity index (χ0n) is 52.7. The molecule has 16 N–H and O–H groups in total. The molecule has 8 bridgehead atoms. The highest BCUT2D eigenvalue weighted by atomic mass is 16.7. The van der Waals surface area contributed by atoms with Gasteiger partial charge in [0.05, 0.1) is 68.0 Å². The van der Waals surface area contributed by atoms with Crippen LogP contribution in [-0.4, -0.2) is 190 Å². The third kappa shape index (κ3) is 12.7. The zero-order valence-corrected chi connectivity index (χ0v) is 52.7. The number of ketones is 2. The highest BCUT2D eigenvalue weighted by Gasteiger charge is 2.65. The number of allylic oxidation sites excluding steroid dienone is 1. The Morgan fingerprint density at radius 3 is 2.56 bits per heavy atom. The summed E-state index contributed by atoms with van der Waals surface area (Å²) in [5.41, 5.74) is 11.7. The number of carbonyl (C=O) groups is 4. The predicted octanol–water partition coefficient (Wildman–Crippen LogP) is 0.298. The summed E-state index contributed by atoms with van der Waals surface area (Å²) >= 11 is 0. The molecule has 17 atom stereocenters. The second-order valence-corrected chi connectivity index (χ2v) is 26.7. The molecule has 25 heteroatoms. The number of aliphatic hydroxyl groups is 8. The summed E-state index contributed by atoms with van der Waals surface area (Å²) in [6.45, 7) is 0.203. The first-order valence-electron chi connectivity index (χ1n) is 33.0. The molecule has 7 heterocycles. The number of rotatable bonds is 15. The van der Waals surface area contributed by atoms with Crippen LogP contribution in [0, 0.1) is 29.6 Å². The third-order valence-electron chi connectivity index (χ3n) is 20.5. The van der Waals surface area contributed by atoms with E-state index in [4.69, 9.17) is 29.4 Å². The van der Waals surface area contributed by atoms with Crippen molar-refractivity contribution >= 4 is 29.4 Å². The third-order valence-corrected chi connectivity index (χ3v) is 20.5. The minimum Gasteiger partial charge on any atom is -0.486 e. The first kappa shape index (κ1) is 66.4. The molecule has 4 aromatic carbocycles. The molecule has 95 heavy (non-hydrogen) atoms. The largest absolute Gasteiger partial charge is 0.486 e. The van der Waals surface area contributed by atoms with Crippen molar-refractivity contribution < 1.29 is 83.7 Å². The molecule has 3 saturated heterocycles. The lowest BCUT2D eigenvalue weighted by atomic mass is 9.73. The number of anilines is 1. The Labute approximate surface area is 549 Å². The summed E-state index contributed by atoms with van der Waals surface area (Å²) in [5, 5.41) is 109. The number of hydrazine groups is 1. The van der Waals surface area contributed by atoms with Crippen LogP contribution in [0.1, 0.15) is 130 Å². The van der Waals surface area contributed by atoms with Gasteiger partial charge in [0.1, 0.15) is 55.5 Å². The molecule has 1 saturated carbocycles. The highest BCUT2D eigenvalue weighted by Crippen LogP contribution is 2.55. The SMILES string of the molecule is CC(O)CNNC1=CC(C2COC3C4Oc5c(cc6c(c5OCC(O)CC=O)C(=O)c5cc(CO)ccc5C6=O)C(c5ccccc5N5CNC6C(=O)NC(N)NC65)C5CCC(O)C(C#CC(O)(C3O)C(O4)C3(CCCC3)OC5)Cc3cccc(c3)C(CCO)C2O)=CCN1. The molecule has 0 radical (unpaired) electrons. The maximum atomic E-state index is 15.7. The molecule has 4 fully saturated rings. The monoisotopic (exact) mass is 1310 g/mol. The number of ether oxygens (including phenoxy) is 5. The number of carbonyl (C=O) groups excluding carboxylic acids is 4. The number of amides is 1. The van der Waals surface area contributed by atoms with Gasteiger partial charge in [0, 0.05) is 71.8 Å². The minimum absolute atomic E-state index is 0.0209. The molecule has 2 aliphatic carbocycles. The van der Waals surface area contributed by atoms with Crippen LogP contribution in [-0.2, 0) is 36.8 Å². The van der Waals surface area contributed by atoms with E-state index in [1.165, 1.54) is 12.1 Å². The molecule has 9 aliphatic rings. The number of aliphatic hydroxyl groups excluding tert-OH is 7. The molecule has 25 nitrogen and oxygen atoms in total. The number of nitrogens with two attached hydrogens (primary N) is 1. The number of fused-ring (bicyclic) bond motifs is 12. The van der Waals surface area contributed by atoms with Gasteiger partial charge in [0.25, 0.3) is 0 Å². The molecule has 4 aromatic rings. The Hall–Kier alpha value is -7.20. The summed E-state index contributed by atoms with van der Waals surface area (Å²) in [6.07, 6.45) is -7.81. The Morgan fingerprint density at radius 1 is 0.947 bits per heavy atom. The van der Waals surface area contributed by atoms with Gasteiger partial charge >= 0.3 is 0 Å². The number of aldehydes is 1. The van der Waals surface area contributed by atoms with Gasteiger partial charge in [0.15, 0.2) is 28.7 Å². The van der Waals surface area contributed by atoms with E-state index in [0.717, 1.165) is 5.56 Å². The van der Waals surface area contributed by atoms with E-state index in [9.17, 15) is 50.4 Å². The standard InChI is InChI=1S/C70H84N8O17/c1-36(82)30-74-77-53-28-40(16-22-72-53)50-34-92-62-63(88)70(90)21-15-41(26-37-7-6-8-39(25-37)44(18-24-80)57(50)85)52(84)14-12-42-32-93-69(19-4-5-20-69)67(70)95-66(62)94-60-49(54(42)46-9-2-3-10-51(46)78-35-73-56-64(78)75-68(71)76-65(56)89)29-48-55(61(60)91-33-43(83)17-23-79)59(87)47-27-38(31-81)11-13-45(47)58(48)86/h2-3,6-11,13,16,23,25,27-29,36,41-44,50,52,54,56-57,62-64,66-68,72-75,77,80-85,88,90H,4-5,12,14,17-20,22,24,26,30-35,71H2,1H3,(H,76,89). The second-order valence-electron chi connectivity index (χ2n) is 26.7. The van der Waals surface area contributed by atoms with Crippen molar-refractivity contribution in [1.82, 2.24) is 32.1 Å². The van der Waals surface area contributed by atoms with Gasteiger partial charge in [0.2, 0.25) is 12.2 Å². The van der Waals surface area contributed by atoms with Gasteiger partial charge < -0.3 is 90.3 Å². The summed E-state index contributed by atoms with van der Waals surface area (Å²) in [6, 6.07) is 20.2. The fraction of sp³-hybridized carbons (Fsp3) is 0.514. The van der Waals surface area contributed by atoms with E-state index in [1.54, 1.807) is 25.1 Å². The molecular weight excluding hydrogens is 1220 g/mol. The van der Waals surface area contributed by atoms with Crippen LogP contribution >= 0.6 is 0 Å². The van der Waals surface area contributed by atoms with Gasteiger partial charge in [-0.05, 0) is 110 Å². The molecular formula is C70H84N8O17. The number of hydrogen-bond acceptors (Lipinski definition) is 24.